The van der Waals surface area contributed by atoms with Gasteiger partial charge in [-0.15, -0.1) is 10.2 Å². The minimum atomic E-state index is -0.208. The third kappa shape index (κ3) is 4.03. The molecule has 1 amide bonds. The molecule has 1 N–H and O–H groups in total. The van der Waals surface area contributed by atoms with Crippen LogP contribution in [0.1, 0.15) is 66.7 Å². The predicted octanol–water partition coefficient (Wildman–Crippen LogP) is 4.34. The molecule has 8 heteroatoms. The van der Waals surface area contributed by atoms with Gasteiger partial charge in [0.2, 0.25) is 0 Å². The van der Waals surface area contributed by atoms with Crippen LogP contribution < -0.4 is 10.1 Å². The second-order valence-electron chi connectivity index (χ2n) is 9.58. The number of carbonyl (C=O) groups is 1. The van der Waals surface area contributed by atoms with Crippen LogP contribution in [0.3, 0.4) is 0 Å². The summed E-state index contributed by atoms with van der Waals surface area (Å²) < 4.78 is 7.07. The number of ether oxygens (including phenoxy) is 1. The number of nitrogens with zero attached hydrogens (tertiary/aromatic N) is 5. The van der Waals surface area contributed by atoms with Crippen molar-refractivity contribution in [1.29, 1.82) is 0 Å². The van der Waals surface area contributed by atoms with E-state index < -0.39 is 0 Å². The summed E-state index contributed by atoms with van der Waals surface area (Å²) in [4.78, 5) is 17.2. The lowest BCUT2D eigenvalue weighted by atomic mass is 9.95. The fraction of sp³-hybridized carbons (Fsp3) is 0.370. The van der Waals surface area contributed by atoms with Gasteiger partial charge in [0.25, 0.3) is 11.7 Å². The molecule has 0 bridgehead atoms. The fourth-order valence-electron chi connectivity index (χ4n) is 5.11. The van der Waals surface area contributed by atoms with Gasteiger partial charge in [0.05, 0.1) is 18.7 Å². The van der Waals surface area contributed by atoms with E-state index in [-0.39, 0.29) is 17.4 Å². The van der Waals surface area contributed by atoms with E-state index in [1.54, 1.807) is 17.8 Å². The Morgan fingerprint density at radius 3 is 2.43 bits per heavy atom. The van der Waals surface area contributed by atoms with Gasteiger partial charge >= 0.3 is 0 Å². The maximum Gasteiger partial charge on any atom is 0.271 e. The third-order valence-corrected chi connectivity index (χ3v) is 7.34. The van der Waals surface area contributed by atoms with Gasteiger partial charge in [-0.1, -0.05) is 43.5 Å². The average molecular weight is 469 g/mol. The zero-order valence-corrected chi connectivity index (χ0v) is 19.8. The summed E-state index contributed by atoms with van der Waals surface area (Å²) in [5.74, 6) is 2.09. The van der Waals surface area contributed by atoms with Crippen LogP contribution in [0.25, 0.3) is 17.0 Å². The van der Waals surface area contributed by atoms with Gasteiger partial charge in [0.15, 0.2) is 5.82 Å². The van der Waals surface area contributed by atoms with E-state index in [9.17, 15) is 4.79 Å². The van der Waals surface area contributed by atoms with Gasteiger partial charge in [0.1, 0.15) is 11.4 Å². The SMILES string of the molecule is COc1ccc(C2(c3nnc4ncc(-c5ccc(C(=O)NC6CCCCC6)cc5)nn34)CC2)cc1. The molecule has 2 aliphatic rings. The molecule has 178 valence electrons. The molecule has 2 heterocycles. The molecule has 0 radical (unpaired) electrons. The lowest BCUT2D eigenvalue weighted by Crippen LogP contribution is -2.36. The number of aromatic nitrogens is 5. The zero-order chi connectivity index (χ0) is 23.8. The summed E-state index contributed by atoms with van der Waals surface area (Å²) in [7, 11) is 1.67. The van der Waals surface area contributed by atoms with Crippen molar-refractivity contribution < 1.29 is 9.53 Å². The lowest BCUT2D eigenvalue weighted by molar-refractivity contribution is 0.0927. The van der Waals surface area contributed by atoms with Crippen molar-refractivity contribution in [3.8, 4) is 17.0 Å². The summed E-state index contributed by atoms with van der Waals surface area (Å²) in [6.07, 6.45) is 9.45. The van der Waals surface area contributed by atoms with Gasteiger partial charge in [-0.3, -0.25) is 4.79 Å². The second kappa shape index (κ2) is 8.76. The Labute approximate surface area is 203 Å². The third-order valence-electron chi connectivity index (χ3n) is 7.34. The number of methoxy groups -OCH3 is 1. The molecule has 2 fully saturated rings. The Kier molecular flexibility index (Phi) is 5.43. The summed E-state index contributed by atoms with van der Waals surface area (Å²) in [6, 6.07) is 16.0. The van der Waals surface area contributed by atoms with E-state index >= 15 is 0 Å². The van der Waals surface area contributed by atoms with Crippen molar-refractivity contribution in [2.75, 3.05) is 7.11 Å². The number of carbonyl (C=O) groups excluding carboxylic acids is 1. The van der Waals surface area contributed by atoms with Crippen LogP contribution in [0.15, 0.2) is 54.7 Å². The molecule has 0 unspecified atom stereocenters. The number of benzene rings is 2. The van der Waals surface area contributed by atoms with Crippen molar-refractivity contribution in [3.63, 3.8) is 0 Å². The molecule has 0 atom stereocenters. The highest BCUT2D eigenvalue weighted by Gasteiger charge is 2.50. The molecular formula is C27H28N6O2. The van der Waals surface area contributed by atoms with Crippen LogP contribution in [0.2, 0.25) is 0 Å². The van der Waals surface area contributed by atoms with Crippen molar-refractivity contribution >= 4 is 11.7 Å². The first kappa shape index (κ1) is 21.7. The van der Waals surface area contributed by atoms with E-state index in [0.717, 1.165) is 42.8 Å². The highest BCUT2D eigenvalue weighted by atomic mass is 16.5. The Bertz CT molecular complexity index is 1350. The topological polar surface area (TPSA) is 94.3 Å². The van der Waals surface area contributed by atoms with Crippen LogP contribution in [-0.2, 0) is 5.41 Å². The van der Waals surface area contributed by atoms with Crippen molar-refractivity contribution in [2.45, 2.75) is 56.4 Å². The Morgan fingerprint density at radius 2 is 1.74 bits per heavy atom. The fourth-order valence-corrected chi connectivity index (χ4v) is 5.11. The molecule has 6 rings (SSSR count). The highest BCUT2D eigenvalue weighted by molar-refractivity contribution is 5.94. The monoisotopic (exact) mass is 468 g/mol. The van der Waals surface area contributed by atoms with Crippen molar-refractivity contribution in [2.24, 2.45) is 0 Å². The minimum absolute atomic E-state index is 0.0127. The van der Waals surface area contributed by atoms with E-state index in [2.05, 4.69) is 32.6 Å². The van der Waals surface area contributed by atoms with Gasteiger partial charge in [-0.25, -0.2) is 4.98 Å². The first-order valence-electron chi connectivity index (χ1n) is 12.3. The van der Waals surface area contributed by atoms with Crippen LogP contribution >= 0.6 is 0 Å². The smallest absolute Gasteiger partial charge is 0.271 e. The molecule has 35 heavy (non-hydrogen) atoms. The maximum atomic E-state index is 12.7. The number of amides is 1. The predicted molar refractivity (Wildman–Crippen MR) is 131 cm³/mol. The molecule has 0 aliphatic heterocycles. The number of hydrogen-bond acceptors (Lipinski definition) is 6. The molecule has 2 aromatic carbocycles. The molecule has 2 aliphatic carbocycles. The number of nitrogens with one attached hydrogen (secondary N) is 1. The lowest BCUT2D eigenvalue weighted by Gasteiger charge is -2.22. The minimum Gasteiger partial charge on any atom is -0.497 e. The second-order valence-corrected chi connectivity index (χ2v) is 9.58. The normalized spacial score (nSPS) is 17.3. The van der Waals surface area contributed by atoms with E-state index in [1.807, 2.05) is 36.4 Å². The summed E-state index contributed by atoms with van der Waals surface area (Å²) in [6.45, 7) is 0. The molecule has 0 saturated heterocycles. The molecule has 8 nitrogen and oxygen atoms in total. The van der Waals surface area contributed by atoms with Gasteiger partial charge in [0, 0.05) is 17.2 Å². The number of rotatable bonds is 6. The molecule has 2 saturated carbocycles. The largest absolute Gasteiger partial charge is 0.497 e. The van der Waals surface area contributed by atoms with Crippen molar-refractivity contribution in [1.82, 2.24) is 30.1 Å². The van der Waals surface area contributed by atoms with Gasteiger partial charge in [-0.2, -0.15) is 9.61 Å². The van der Waals surface area contributed by atoms with Crippen molar-refractivity contribution in [3.05, 3.63) is 71.7 Å². The van der Waals surface area contributed by atoms with Crippen LogP contribution in [0.5, 0.6) is 5.75 Å². The average Bonchev–Trinajstić information content (AvgIpc) is 3.61. The first-order chi connectivity index (χ1) is 17.2. The maximum absolute atomic E-state index is 12.7. The van der Waals surface area contributed by atoms with Crippen LogP contribution in [0, 0.1) is 0 Å². The quantitative estimate of drug-likeness (QED) is 0.452. The van der Waals surface area contributed by atoms with E-state index in [4.69, 9.17) is 9.84 Å². The van der Waals surface area contributed by atoms with E-state index in [1.165, 1.54) is 24.8 Å². The molecule has 4 aromatic rings. The standard InChI is InChI=1S/C27H28N6O2/c1-35-22-13-11-20(12-14-22)27(15-16-27)25-30-31-26-28-17-23(32-33(25)26)18-7-9-19(10-8-18)24(34)29-21-5-3-2-4-6-21/h7-14,17,21H,2-6,15-16H2,1H3,(H,29,34). The van der Waals surface area contributed by atoms with E-state index in [0.29, 0.717) is 17.0 Å². The summed E-state index contributed by atoms with van der Waals surface area (Å²) in [5.41, 5.74) is 3.23. The first-order valence-corrected chi connectivity index (χ1v) is 12.3. The highest BCUT2D eigenvalue weighted by Crippen LogP contribution is 2.52. The Morgan fingerprint density at radius 1 is 1.00 bits per heavy atom. The number of fused-ring (bicyclic) bond motifs is 1. The molecular weight excluding hydrogens is 440 g/mol. The Hall–Kier alpha value is -3.81. The van der Waals surface area contributed by atoms with Crippen LogP contribution in [0.4, 0.5) is 0 Å². The zero-order valence-electron chi connectivity index (χ0n) is 19.8. The van der Waals surface area contributed by atoms with Crippen LogP contribution in [-0.4, -0.2) is 43.9 Å². The Balaban J connectivity index is 1.26. The summed E-state index contributed by atoms with van der Waals surface area (Å²) in [5, 5.41) is 16.8. The summed E-state index contributed by atoms with van der Waals surface area (Å²) >= 11 is 0. The van der Waals surface area contributed by atoms with Gasteiger partial charge < -0.3 is 10.1 Å². The number of hydrogen-bond donors (Lipinski definition) is 1. The van der Waals surface area contributed by atoms with Gasteiger partial charge in [-0.05, 0) is 55.5 Å². The molecule has 2 aromatic heterocycles. The molecule has 0 spiro atoms.